The van der Waals surface area contributed by atoms with E-state index in [1.807, 2.05) is 24.4 Å². The molecule has 5 rings (SSSR count). The first-order chi connectivity index (χ1) is 17.8. The number of aryl methyl sites for hydroxylation is 1. The van der Waals surface area contributed by atoms with Crippen LogP contribution in [-0.2, 0) is 19.4 Å². The lowest BCUT2D eigenvalue weighted by Crippen LogP contribution is -2.24. The Morgan fingerprint density at radius 1 is 0.917 bits per heavy atom. The Labute approximate surface area is 214 Å². The zero-order chi connectivity index (χ0) is 24.6. The van der Waals surface area contributed by atoms with E-state index in [0.29, 0.717) is 6.54 Å². The zero-order valence-electron chi connectivity index (χ0n) is 21.0. The van der Waals surface area contributed by atoms with Gasteiger partial charge in [-0.2, -0.15) is 0 Å². The summed E-state index contributed by atoms with van der Waals surface area (Å²) >= 11 is 0. The second-order valence-corrected chi connectivity index (χ2v) is 9.79. The molecule has 186 valence electrons. The molecule has 0 radical (unpaired) electrons. The third-order valence-electron chi connectivity index (χ3n) is 7.27. The number of nitrogens with zero attached hydrogens (tertiary/aromatic N) is 3. The fourth-order valence-corrected chi connectivity index (χ4v) is 5.38. The topological polar surface area (TPSA) is 20.5 Å². The van der Waals surface area contributed by atoms with Gasteiger partial charge in [-0.25, -0.2) is 4.39 Å². The molecule has 1 aromatic heterocycles. The molecule has 1 aliphatic carbocycles. The molecule has 3 aliphatic rings. The standard InChI is InChI=1S/C32H36FN3/c33-29-14-7-12-27(16-17-29)30-25-36(24-23-35-21-4-5-22-35)31(15-6-11-26-9-2-1-3-10-26)32(30)28-13-8-19-34-20-18-28/h1-3,7-10,12-14,16-18,20,25,29H,4-6,11,15,19,21-24H2. The molecule has 0 N–H and O–H groups in total. The van der Waals surface area contributed by atoms with Gasteiger partial charge in [0.25, 0.3) is 0 Å². The molecule has 1 atom stereocenters. The molecule has 0 saturated carbocycles. The number of rotatable bonds is 9. The molecule has 3 heterocycles. The number of allylic oxidation sites excluding steroid dienone is 9. The maximum Gasteiger partial charge on any atom is 0.137 e. The van der Waals surface area contributed by atoms with Gasteiger partial charge in [-0.1, -0.05) is 60.7 Å². The van der Waals surface area contributed by atoms with E-state index in [2.05, 4.69) is 69.2 Å². The number of likely N-dealkylation sites (tertiary alicyclic amines) is 1. The van der Waals surface area contributed by atoms with Gasteiger partial charge in [0, 0.05) is 42.3 Å². The quantitative estimate of drug-likeness (QED) is 0.394. The van der Waals surface area contributed by atoms with Crippen molar-refractivity contribution >= 4 is 17.4 Å². The number of halogens is 1. The minimum atomic E-state index is -1.05. The van der Waals surface area contributed by atoms with Crippen LogP contribution >= 0.6 is 0 Å². The first kappa shape index (κ1) is 24.5. The molecule has 1 unspecified atom stereocenters. The summed E-state index contributed by atoms with van der Waals surface area (Å²) in [5.74, 6) is 0. The molecule has 4 heteroatoms. The van der Waals surface area contributed by atoms with Gasteiger partial charge in [-0.3, -0.25) is 4.99 Å². The van der Waals surface area contributed by atoms with E-state index in [-0.39, 0.29) is 0 Å². The number of benzene rings is 1. The van der Waals surface area contributed by atoms with Crippen molar-refractivity contribution in [3.63, 3.8) is 0 Å². The van der Waals surface area contributed by atoms with Crippen LogP contribution in [0.2, 0.25) is 0 Å². The lowest BCUT2D eigenvalue weighted by Gasteiger charge is -2.17. The minimum absolute atomic E-state index is 0.698. The fraction of sp³-hybridized carbons (Fsp3) is 0.344. The van der Waals surface area contributed by atoms with Crippen molar-refractivity contribution < 1.29 is 4.39 Å². The second kappa shape index (κ2) is 12.1. The normalized spacial score (nSPS) is 19.9. The van der Waals surface area contributed by atoms with E-state index in [4.69, 9.17) is 0 Å². The van der Waals surface area contributed by atoms with Crippen LogP contribution in [0.1, 0.15) is 41.6 Å². The Bertz CT molecular complexity index is 1200. The molecular weight excluding hydrogens is 445 g/mol. The van der Waals surface area contributed by atoms with Crippen molar-refractivity contribution in [2.75, 3.05) is 26.2 Å². The van der Waals surface area contributed by atoms with Gasteiger partial charge >= 0.3 is 0 Å². The summed E-state index contributed by atoms with van der Waals surface area (Å²) in [5.41, 5.74) is 7.42. The number of hydrogen-bond donors (Lipinski definition) is 0. The van der Waals surface area contributed by atoms with Gasteiger partial charge in [0.15, 0.2) is 0 Å². The highest BCUT2D eigenvalue weighted by Crippen LogP contribution is 2.34. The minimum Gasteiger partial charge on any atom is -0.349 e. The third kappa shape index (κ3) is 6.11. The van der Waals surface area contributed by atoms with Crippen LogP contribution in [0.3, 0.4) is 0 Å². The molecule has 2 aliphatic heterocycles. The lowest BCUT2D eigenvalue weighted by atomic mass is 9.93. The highest BCUT2D eigenvalue weighted by Gasteiger charge is 2.21. The summed E-state index contributed by atoms with van der Waals surface area (Å²) in [7, 11) is 0. The summed E-state index contributed by atoms with van der Waals surface area (Å²) in [6.07, 6.45) is 24.5. The van der Waals surface area contributed by atoms with Crippen molar-refractivity contribution in [2.45, 2.75) is 44.8 Å². The van der Waals surface area contributed by atoms with Gasteiger partial charge in [0.1, 0.15) is 6.17 Å². The number of hydrogen-bond acceptors (Lipinski definition) is 2. The molecule has 3 nitrogen and oxygen atoms in total. The molecule has 0 spiro atoms. The van der Waals surface area contributed by atoms with E-state index < -0.39 is 6.17 Å². The third-order valence-corrected chi connectivity index (χ3v) is 7.27. The first-order valence-electron chi connectivity index (χ1n) is 13.3. The van der Waals surface area contributed by atoms with E-state index in [1.165, 1.54) is 53.9 Å². The Hall–Kier alpha value is -3.24. The summed E-state index contributed by atoms with van der Waals surface area (Å²) in [5, 5.41) is 0. The zero-order valence-corrected chi connectivity index (χ0v) is 21.0. The summed E-state index contributed by atoms with van der Waals surface area (Å²) in [4.78, 5) is 7.02. The van der Waals surface area contributed by atoms with Crippen LogP contribution in [-0.4, -0.2) is 48.0 Å². The Kier molecular flexibility index (Phi) is 8.24. The average Bonchev–Trinajstić information content (AvgIpc) is 3.37. The van der Waals surface area contributed by atoms with Gasteiger partial charge < -0.3 is 9.47 Å². The van der Waals surface area contributed by atoms with Crippen molar-refractivity contribution in [3.05, 3.63) is 108 Å². The summed E-state index contributed by atoms with van der Waals surface area (Å²) in [6.45, 7) is 5.13. The smallest absolute Gasteiger partial charge is 0.137 e. The van der Waals surface area contributed by atoms with Crippen molar-refractivity contribution in [1.29, 1.82) is 0 Å². The van der Waals surface area contributed by atoms with Crippen LogP contribution in [0.25, 0.3) is 11.1 Å². The monoisotopic (exact) mass is 481 g/mol. The number of aromatic nitrogens is 1. The van der Waals surface area contributed by atoms with Crippen LogP contribution in [0.5, 0.6) is 0 Å². The molecule has 1 fully saturated rings. The highest BCUT2D eigenvalue weighted by molar-refractivity contribution is 5.95. The number of aliphatic imine (C=N–C) groups is 1. The predicted octanol–water partition coefficient (Wildman–Crippen LogP) is 6.63. The van der Waals surface area contributed by atoms with Crippen molar-refractivity contribution in [3.8, 4) is 0 Å². The Morgan fingerprint density at radius 3 is 2.64 bits per heavy atom. The average molecular weight is 482 g/mol. The maximum atomic E-state index is 14.1. The van der Waals surface area contributed by atoms with E-state index in [9.17, 15) is 4.39 Å². The summed E-state index contributed by atoms with van der Waals surface area (Å²) < 4.78 is 16.6. The Morgan fingerprint density at radius 2 is 1.78 bits per heavy atom. The molecule has 0 amide bonds. The molecule has 1 aromatic carbocycles. The van der Waals surface area contributed by atoms with Crippen LogP contribution < -0.4 is 0 Å². The lowest BCUT2D eigenvalue weighted by molar-refractivity contribution is 0.321. The molecule has 0 bridgehead atoms. The Balaban J connectivity index is 1.53. The summed E-state index contributed by atoms with van der Waals surface area (Å²) in [6, 6.07) is 10.7. The maximum absolute atomic E-state index is 14.1. The molecular formula is C32H36FN3. The fourth-order valence-electron chi connectivity index (χ4n) is 5.38. The second-order valence-electron chi connectivity index (χ2n) is 9.79. The van der Waals surface area contributed by atoms with Crippen LogP contribution in [0.15, 0.2) is 90.1 Å². The number of alkyl halides is 1. The highest BCUT2D eigenvalue weighted by atomic mass is 19.1. The molecule has 36 heavy (non-hydrogen) atoms. The van der Waals surface area contributed by atoms with E-state index in [1.54, 1.807) is 12.2 Å². The van der Waals surface area contributed by atoms with Crippen LogP contribution in [0.4, 0.5) is 4.39 Å². The predicted molar refractivity (Wildman–Crippen MR) is 150 cm³/mol. The SMILES string of the molecule is FC1C=CC=C(c2cn(CCN3CCCC3)c(CCCc3ccccc3)c2C2=CC=NCC=C2)C=C1. The van der Waals surface area contributed by atoms with E-state index >= 15 is 0 Å². The molecule has 2 aromatic rings. The first-order valence-corrected chi connectivity index (χ1v) is 13.3. The van der Waals surface area contributed by atoms with E-state index in [0.717, 1.165) is 37.9 Å². The van der Waals surface area contributed by atoms with Crippen molar-refractivity contribution in [2.24, 2.45) is 4.99 Å². The van der Waals surface area contributed by atoms with Crippen LogP contribution in [0, 0.1) is 0 Å². The van der Waals surface area contributed by atoms with Crippen molar-refractivity contribution in [1.82, 2.24) is 9.47 Å². The van der Waals surface area contributed by atoms with Gasteiger partial charge in [0.05, 0.1) is 6.54 Å². The largest absolute Gasteiger partial charge is 0.349 e. The molecule has 1 saturated heterocycles. The van der Waals surface area contributed by atoms with Gasteiger partial charge in [-0.15, -0.1) is 0 Å². The van der Waals surface area contributed by atoms with Gasteiger partial charge in [-0.05, 0) is 80.1 Å². The van der Waals surface area contributed by atoms with Gasteiger partial charge in [0.2, 0.25) is 0 Å².